The van der Waals surface area contributed by atoms with E-state index in [1.165, 1.54) is 18.3 Å². The van der Waals surface area contributed by atoms with Crippen LogP contribution in [0.3, 0.4) is 0 Å². The molecule has 0 saturated carbocycles. The van der Waals surface area contributed by atoms with Gasteiger partial charge in [0.25, 0.3) is 11.8 Å². The van der Waals surface area contributed by atoms with Crippen LogP contribution < -0.4 is 10.6 Å². The summed E-state index contributed by atoms with van der Waals surface area (Å²) in [5, 5.41) is 14.9. The Morgan fingerprint density at radius 3 is 2.20 bits per heavy atom. The van der Waals surface area contributed by atoms with E-state index >= 15 is 0 Å². The Labute approximate surface area is 172 Å². The van der Waals surface area contributed by atoms with Gasteiger partial charge >= 0.3 is 6.03 Å². The molecule has 8 nitrogen and oxygen atoms in total. The molecule has 4 rings (SSSR count). The van der Waals surface area contributed by atoms with E-state index in [1.54, 1.807) is 24.3 Å². The molecule has 8 heteroatoms. The van der Waals surface area contributed by atoms with Crippen LogP contribution in [0.25, 0.3) is 0 Å². The smallest absolute Gasteiger partial charge is 0.322 e. The highest BCUT2D eigenvalue weighted by Crippen LogP contribution is 2.25. The molecule has 1 aliphatic rings. The summed E-state index contributed by atoms with van der Waals surface area (Å²) in [5.41, 5.74) is 1.43. The molecule has 0 fully saturated rings. The molecular formula is C22H18N4O4. The largest absolute Gasteiger partial charge is 0.504 e. The number of anilines is 1. The molecule has 1 aromatic heterocycles. The maximum atomic E-state index is 12.9. The lowest BCUT2D eigenvalue weighted by molar-refractivity contribution is 0.0565. The van der Waals surface area contributed by atoms with Crippen molar-refractivity contribution in [1.82, 2.24) is 15.2 Å². The number of pyridine rings is 1. The summed E-state index contributed by atoms with van der Waals surface area (Å²) in [6, 6.07) is 17.9. The number of carbonyl (C=O) groups excluding carboxylic acids is 3. The minimum atomic E-state index is -0.939. The highest BCUT2D eigenvalue weighted by atomic mass is 16.3. The van der Waals surface area contributed by atoms with Crippen LogP contribution in [-0.2, 0) is 6.42 Å². The van der Waals surface area contributed by atoms with Gasteiger partial charge in [0.15, 0.2) is 11.6 Å². The minimum absolute atomic E-state index is 0.0316. The van der Waals surface area contributed by atoms with E-state index in [1.807, 2.05) is 30.3 Å². The van der Waals surface area contributed by atoms with Crippen LogP contribution >= 0.6 is 0 Å². The van der Waals surface area contributed by atoms with E-state index in [2.05, 4.69) is 15.6 Å². The second-order valence-electron chi connectivity index (χ2n) is 6.70. The van der Waals surface area contributed by atoms with Crippen molar-refractivity contribution < 1.29 is 19.5 Å². The lowest BCUT2D eigenvalue weighted by atomic mass is 10.1. The number of nitrogens with zero attached hydrogens (tertiary/aromatic N) is 2. The van der Waals surface area contributed by atoms with Crippen molar-refractivity contribution in [2.45, 2.75) is 12.6 Å². The normalized spacial score (nSPS) is 13.7. The number of imide groups is 1. The fraction of sp³-hybridized carbons (Fsp3) is 0.0909. The number of aromatic nitrogens is 1. The second-order valence-corrected chi connectivity index (χ2v) is 6.70. The number of hydrogen-bond donors (Lipinski definition) is 3. The van der Waals surface area contributed by atoms with Gasteiger partial charge in [-0.15, -0.1) is 0 Å². The van der Waals surface area contributed by atoms with Crippen LogP contribution in [0.4, 0.5) is 10.6 Å². The Balaban J connectivity index is 1.60. The van der Waals surface area contributed by atoms with Gasteiger partial charge in [0.2, 0.25) is 0 Å². The number of rotatable bonds is 5. The molecule has 0 radical (unpaired) electrons. The zero-order valence-corrected chi connectivity index (χ0v) is 15.8. The molecule has 1 aliphatic heterocycles. The van der Waals surface area contributed by atoms with Gasteiger partial charge in [-0.3, -0.25) is 19.8 Å². The van der Waals surface area contributed by atoms with E-state index in [0.717, 1.165) is 10.5 Å². The van der Waals surface area contributed by atoms with Crippen molar-refractivity contribution in [3.05, 3.63) is 89.6 Å². The molecule has 0 saturated heterocycles. The average Bonchev–Trinajstić information content (AvgIpc) is 3.01. The fourth-order valence-electron chi connectivity index (χ4n) is 3.32. The topological polar surface area (TPSA) is 112 Å². The lowest BCUT2D eigenvalue weighted by Gasteiger charge is -2.27. The number of benzene rings is 2. The highest BCUT2D eigenvalue weighted by molar-refractivity contribution is 6.21. The van der Waals surface area contributed by atoms with Crippen molar-refractivity contribution in [2.75, 3.05) is 5.32 Å². The Kier molecular flexibility index (Phi) is 5.13. The predicted octanol–water partition coefficient (Wildman–Crippen LogP) is 2.77. The van der Waals surface area contributed by atoms with Gasteiger partial charge in [-0.25, -0.2) is 9.78 Å². The van der Waals surface area contributed by atoms with E-state index in [0.29, 0.717) is 11.1 Å². The van der Waals surface area contributed by atoms with Crippen molar-refractivity contribution >= 4 is 23.7 Å². The number of urea groups is 1. The van der Waals surface area contributed by atoms with E-state index < -0.39 is 24.0 Å². The van der Waals surface area contributed by atoms with Gasteiger partial charge in [0.05, 0.1) is 11.1 Å². The van der Waals surface area contributed by atoms with Crippen molar-refractivity contribution in [2.24, 2.45) is 0 Å². The van der Waals surface area contributed by atoms with Gasteiger partial charge in [0.1, 0.15) is 6.17 Å². The summed E-state index contributed by atoms with van der Waals surface area (Å²) in [5.74, 6) is -1.18. The first kappa shape index (κ1) is 19.1. The number of fused-ring (bicyclic) bond motifs is 1. The Morgan fingerprint density at radius 2 is 1.57 bits per heavy atom. The number of carbonyl (C=O) groups is 3. The van der Waals surface area contributed by atoms with Crippen LogP contribution in [-0.4, -0.2) is 39.0 Å². The van der Waals surface area contributed by atoms with Gasteiger partial charge in [-0.2, -0.15) is 0 Å². The maximum absolute atomic E-state index is 12.9. The first-order valence-electron chi connectivity index (χ1n) is 9.27. The summed E-state index contributed by atoms with van der Waals surface area (Å²) in [6.07, 6.45) is 0.695. The maximum Gasteiger partial charge on any atom is 0.322 e. The van der Waals surface area contributed by atoms with Crippen LogP contribution in [0.5, 0.6) is 5.75 Å². The molecule has 4 amide bonds. The highest BCUT2D eigenvalue weighted by Gasteiger charge is 2.40. The summed E-state index contributed by atoms with van der Waals surface area (Å²) < 4.78 is 0. The van der Waals surface area contributed by atoms with E-state index in [-0.39, 0.29) is 18.0 Å². The predicted molar refractivity (Wildman–Crippen MR) is 109 cm³/mol. The number of aromatic hydroxyl groups is 1. The standard InChI is InChI=1S/C22H18N4O4/c27-17-11-6-12-23-19(17)25-22(30)24-18(13-14-7-2-1-3-8-14)26-20(28)15-9-4-5-10-16(15)21(26)29/h1-12,18,27H,13H2,(H2,23,24,25,30). The van der Waals surface area contributed by atoms with Crippen molar-refractivity contribution in [3.63, 3.8) is 0 Å². The summed E-state index contributed by atoms with van der Waals surface area (Å²) in [4.78, 5) is 43.4. The number of hydrogen-bond acceptors (Lipinski definition) is 5. The molecule has 1 unspecified atom stereocenters. The fourth-order valence-corrected chi connectivity index (χ4v) is 3.32. The first-order chi connectivity index (χ1) is 14.5. The molecule has 3 aromatic rings. The lowest BCUT2D eigenvalue weighted by Crippen LogP contribution is -2.53. The van der Waals surface area contributed by atoms with Gasteiger partial charge in [0, 0.05) is 12.6 Å². The van der Waals surface area contributed by atoms with Crippen LogP contribution in [0, 0.1) is 0 Å². The first-order valence-corrected chi connectivity index (χ1v) is 9.27. The quantitative estimate of drug-likeness (QED) is 0.568. The SMILES string of the molecule is O=C(Nc1ncccc1O)NC(Cc1ccccc1)N1C(=O)c2ccccc2C1=O. The monoisotopic (exact) mass is 402 g/mol. The van der Waals surface area contributed by atoms with Crippen LogP contribution in [0.2, 0.25) is 0 Å². The third-order valence-electron chi connectivity index (χ3n) is 4.73. The molecule has 0 aliphatic carbocycles. The third kappa shape index (κ3) is 3.70. The summed E-state index contributed by atoms with van der Waals surface area (Å²) in [6.45, 7) is 0. The zero-order chi connectivity index (χ0) is 21.1. The zero-order valence-electron chi connectivity index (χ0n) is 15.8. The molecule has 2 aromatic carbocycles. The molecule has 2 heterocycles. The molecule has 0 bridgehead atoms. The molecule has 1 atom stereocenters. The minimum Gasteiger partial charge on any atom is -0.504 e. The molecule has 3 N–H and O–H groups in total. The third-order valence-corrected chi connectivity index (χ3v) is 4.73. The number of amides is 4. The average molecular weight is 402 g/mol. The summed E-state index contributed by atoms with van der Waals surface area (Å²) >= 11 is 0. The van der Waals surface area contributed by atoms with Crippen LogP contribution in [0.15, 0.2) is 72.9 Å². The molecule has 30 heavy (non-hydrogen) atoms. The van der Waals surface area contributed by atoms with Crippen molar-refractivity contribution in [3.8, 4) is 5.75 Å². The van der Waals surface area contributed by atoms with E-state index in [9.17, 15) is 19.5 Å². The Morgan fingerprint density at radius 1 is 0.933 bits per heavy atom. The number of nitrogens with one attached hydrogen (secondary N) is 2. The molecular weight excluding hydrogens is 384 g/mol. The van der Waals surface area contributed by atoms with Crippen molar-refractivity contribution in [1.29, 1.82) is 0 Å². The Hall–Kier alpha value is -4.20. The van der Waals surface area contributed by atoms with Gasteiger partial charge in [-0.1, -0.05) is 42.5 Å². The van der Waals surface area contributed by atoms with Crippen LogP contribution in [0.1, 0.15) is 26.3 Å². The summed E-state index contributed by atoms with van der Waals surface area (Å²) in [7, 11) is 0. The van der Waals surface area contributed by atoms with E-state index in [4.69, 9.17) is 0 Å². The second kappa shape index (κ2) is 8.04. The Bertz CT molecular complexity index is 1080. The molecule has 0 spiro atoms. The van der Waals surface area contributed by atoms with Gasteiger partial charge in [-0.05, 0) is 29.8 Å². The molecule has 150 valence electrons. The van der Waals surface area contributed by atoms with Gasteiger partial charge < -0.3 is 10.4 Å².